The average Bonchev–Trinajstić information content (AvgIpc) is 2.99. The van der Waals surface area contributed by atoms with Gasteiger partial charge in [-0.25, -0.2) is 14.3 Å². The summed E-state index contributed by atoms with van der Waals surface area (Å²) in [6, 6.07) is 4.77. The fourth-order valence-electron chi connectivity index (χ4n) is 3.05. The van der Waals surface area contributed by atoms with Crippen molar-refractivity contribution in [1.82, 2.24) is 9.78 Å². The van der Waals surface area contributed by atoms with E-state index in [1.54, 1.807) is 32.4 Å². The molecule has 1 aromatic heterocycles. The van der Waals surface area contributed by atoms with Gasteiger partial charge in [-0.2, -0.15) is 5.10 Å². The number of carboxylic acids is 1. The van der Waals surface area contributed by atoms with Crippen LogP contribution in [0.4, 0.5) is 0 Å². The first kappa shape index (κ1) is 24.8. The van der Waals surface area contributed by atoms with Crippen molar-refractivity contribution in [2.45, 2.75) is 72.6 Å². The molecular formula is C23H34N2O5Si. The number of carbonyl (C=O) groups excluding carboxylic acids is 1. The van der Waals surface area contributed by atoms with Gasteiger partial charge in [0.2, 0.25) is 0 Å². The number of aliphatic carboxylic acids is 1. The van der Waals surface area contributed by atoms with Gasteiger partial charge in [0.1, 0.15) is 17.9 Å². The van der Waals surface area contributed by atoms with E-state index in [0.717, 1.165) is 22.5 Å². The lowest BCUT2D eigenvalue weighted by molar-refractivity contribution is -0.152. The van der Waals surface area contributed by atoms with Crippen molar-refractivity contribution < 1.29 is 24.2 Å². The van der Waals surface area contributed by atoms with Gasteiger partial charge < -0.3 is 14.6 Å². The van der Waals surface area contributed by atoms with Gasteiger partial charge in [0.05, 0.1) is 5.52 Å². The number of benzene rings is 1. The molecule has 1 N–H and O–H groups in total. The first-order valence-electron chi connectivity index (χ1n) is 10.4. The Morgan fingerprint density at radius 2 is 1.84 bits per heavy atom. The Kier molecular flexibility index (Phi) is 7.49. The fraction of sp³-hybridized carbons (Fsp3) is 0.522. The van der Waals surface area contributed by atoms with Crippen molar-refractivity contribution >= 4 is 36.5 Å². The number of carboxylic acid groups (broad SMARTS) is 1. The smallest absolute Gasteiger partial charge is 0.346 e. The van der Waals surface area contributed by atoms with Crippen molar-refractivity contribution in [2.75, 3.05) is 6.61 Å². The molecule has 0 spiro atoms. The van der Waals surface area contributed by atoms with Crippen molar-refractivity contribution in [3.63, 3.8) is 0 Å². The number of allylic oxidation sites excluding steroid dienone is 1. The molecule has 0 aliphatic carbocycles. The zero-order valence-electron chi connectivity index (χ0n) is 19.8. The Morgan fingerprint density at radius 1 is 1.19 bits per heavy atom. The molecule has 2 aromatic rings. The van der Waals surface area contributed by atoms with E-state index in [1.807, 2.05) is 25.3 Å². The third kappa shape index (κ3) is 7.04. The topological polar surface area (TPSA) is 90.6 Å². The molecule has 2 rings (SSSR count). The molecule has 8 heteroatoms. The zero-order valence-corrected chi connectivity index (χ0v) is 20.8. The predicted octanol–water partition coefficient (Wildman–Crippen LogP) is 4.86. The molecule has 0 saturated heterocycles. The van der Waals surface area contributed by atoms with Crippen molar-refractivity contribution in [3.05, 3.63) is 35.0 Å². The summed E-state index contributed by atoms with van der Waals surface area (Å²) < 4.78 is 12.8. The first-order chi connectivity index (χ1) is 14.2. The predicted molar refractivity (Wildman–Crippen MR) is 125 cm³/mol. The molecule has 0 unspecified atom stereocenters. The van der Waals surface area contributed by atoms with Gasteiger partial charge in [0.15, 0.2) is 0 Å². The molecule has 0 fully saturated rings. The highest BCUT2D eigenvalue weighted by molar-refractivity contribution is 6.76. The minimum absolute atomic E-state index is 0.353. The molecule has 0 atom stereocenters. The van der Waals surface area contributed by atoms with Crippen LogP contribution in [0.15, 0.2) is 23.9 Å². The van der Waals surface area contributed by atoms with Gasteiger partial charge >= 0.3 is 11.9 Å². The molecule has 0 radical (unpaired) electrons. The second-order valence-corrected chi connectivity index (χ2v) is 15.7. The van der Waals surface area contributed by atoms with Gasteiger partial charge in [-0.15, -0.1) is 0 Å². The van der Waals surface area contributed by atoms with Crippen molar-refractivity contribution in [2.24, 2.45) is 0 Å². The van der Waals surface area contributed by atoms with Crippen LogP contribution in [0.1, 0.15) is 38.8 Å². The second kappa shape index (κ2) is 9.36. The van der Waals surface area contributed by atoms with Gasteiger partial charge in [-0.05, 0) is 69.5 Å². The highest BCUT2D eigenvalue weighted by Gasteiger charge is 2.27. The summed E-state index contributed by atoms with van der Waals surface area (Å²) in [6.07, 6.45) is 1.88. The number of aromatic nitrogens is 2. The number of rotatable bonds is 8. The summed E-state index contributed by atoms with van der Waals surface area (Å²) in [4.78, 5) is 24.3. The number of carbonyl (C=O) groups is 2. The lowest BCUT2D eigenvalue weighted by Gasteiger charge is -2.20. The number of fused-ring (bicyclic) bond motifs is 1. The van der Waals surface area contributed by atoms with Crippen LogP contribution < -0.4 is 0 Å². The Hall–Kier alpha value is -2.45. The first-order valence-corrected chi connectivity index (χ1v) is 14.1. The Balaban J connectivity index is 2.34. The van der Waals surface area contributed by atoms with Gasteiger partial charge in [-0.1, -0.05) is 19.6 Å². The molecule has 7 nitrogen and oxygen atoms in total. The van der Waals surface area contributed by atoms with Crippen molar-refractivity contribution in [1.29, 1.82) is 0 Å². The van der Waals surface area contributed by atoms with E-state index in [9.17, 15) is 14.7 Å². The van der Waals surface area contributed by atoms with E-state index >= 15 is 0 Å². The van der Waals surface area contributed by atoms with E-state index in [2.05, 4.69) is 24.7 Å². The summed E-state index contributed by atoms with van der Waals surface area (Å²) in [5.74, 6) is -2.15. The molecule has 0 aliphatic heterocycles. The third-order valence-electron chi connectivity index (χ3n) is 4.69. The van der Waals surface area contributed by atoms with E-state index in [4.69, 9.17) is 9.47 Å². The van der Waals surface area contributed by atoms with Gasteiger partial charge in [0, 0.05) is 26.3 Å². The standard InChI is InChI=1S/C23H34N2O5Si/c1-15-11-17(16(2)19(21(26)27)22(28)30-23(3,4)5)12-18-13-25(24-20(15)18)14-29-9-10-31(6,7)8/h11-13H,9-10,14H2,1-8H3,(H,26,27). The number of esters is 1. The number of hydrogen-bond donors (Lipinski definition) is 1. The molecular weight excluding hydrogens is 412 g/mol. The second-order valence-electron chi connectivity index (χ2n) is 10.1. The molecule has 0 bridgehead atoms. The van der Waals surface area contributed by atoms with E-state index < -0.39 is 25.6 Å². The molecule has 0 aliphatic rings. The lowest BCUT2D eigenvalue weighted by atomic mass is 9.98. The normalized spacial score (nSPS) is 13.3. The van der Waals surface area contributed by atoms with Crippen molar-refractivity contribution in [3.8, 4) is 0 Å². The molecule has 170 valence electrons. The van der Waals surface area contributed by atoms with Crippen LogP contribution in [0.3, 0.4) is 0 Å². The number of nitrogens with zero attached hydrogens (tertiary/aromatic N) is 2. The van der Waals surface area contributed by atoms with Crippen LogP contribution in [0, 0.1) is 6.92 Å². The fourth-order valence-corrected chi connectivity index (χ4v) is 3.81. The highest BCUT2D eigenvalue weighted by Crippen LogP contribution is 2.27. The molecule has 1 aromatic carbocycles. The largest absolute Gasteiger partial charge is 0.477 e. The molecule has 0 amide bonds. The lowest BCUT2D eigenvalue weighted by Crippen LogP contribution is -2.27. The SMILES string of the molecule is CC(=C(C(=O)O)C(=O)OC(C)(C)C)c1cc(C)c2nn(COCC[Si](C)(C)C)cc2c1. The summed E-state index contributed by atoms with van der Waals surface area (Å²) in [5, 5.41) is 15.1. The van der Waals surface area contributed by atoms with Crippen LogP contribution in [-0.4, -0.2) is 47.1 Å². The van der Waals surface area contributed by atoms with Crippen LogP contribution in [-0.2, 0) is 25.8 Å². The molecule has 0 saturated carbocycles. The molecule has 1 heterocycles. The number of aryl methyl sites for hydroxylation is 1. The minimum atomic E-state index is -1.31. The summed E-state index contributed by atoms with van der Waals surface area (Å²) in [7, 11) is -1.15. The van der Waals surface area contributed by atoms with E-state index in [1.165, 1.54) is 0 Å². The monoisotopic (exact) mass is 446 g/mol. The zero-order chi connectivity index (χ0) is 23.6. The van der Waals surface area contributed by atoms with Crippen LogP contribution >= 0.6 is 0 Å². The summed E-state index contributed by atoms with van der Waals surface area (Å²) in [6.45, 7) is 16.6. The third-order valence-corrected chi connectivity index (χ3v) is 6.40. The maximum absolute atomic E-state index is 12.5. The Labute approximate surface area is 185 Å². The van der Waals surface area contributed by atoms with E-state index in [-0.39, 0.29) is 5.57 Å². The maximum atomic E-state index is 12.5. The summed E-state index contributed by atoms with van der Waals surface area (Å²) >= 11 is 0. The average molecular weight is 447 g/mol. The van der Waals surface area contributed by atoms with Gasteiger partial charge in [-0.3, -0.25) is 0 Å². The Morgan fingerprint density at radius 3 is 2.39 bits per heavy atom. The van der Waals surface area contributed by atoms with Gasteiger partial charge in [0.25, 0.3) is 0 Å². The minimum Gasteiger partial charge on any atom is -0.477 e. The number of hydrogen-bond acceptors (Lipinski definition) is 5. The maximum Gasteiger partial charge on any atom is 0.346 e. The highest BCUT2D eigenvalue weighted by atomic mass is 28.3. The number of ether oxygens (including phenoxy) is 2. The molecule has 31 heavy (non-hydrogen) atoms. The summed E-state index contributed by atoms with van der Waals surface area (Å²) in [5.41, 5.74) is 1.56. The van der Waals surface area contributed by atoms with E-state index in [0.29, 0.717) is 24.5 Å². The van der Waals surface area contributed by atoms with Crippen LogP contribution in [0.2, 0.25) is 25.7 Å². The van der Waals surface area contributed by atoms with Crippen LogP contribution in [0.5, 0.6) is 0 Å². The quantitative estimate of drug-likeness (QED) is 0.156. The Bertz CT molecular complexity index is 1010. The van der Waals surface area contributed by atoms with Crippen LogP contribution in [0.25, 0.3) is 16.5 Å².